The average molecular weight is 179 g/mol. The third-order valence-electron chi connectivity index (χ3n) is 1.76. The highest BCUT2D eigenvalue weighted by Crippen LogP contribution is 2.10. The first kappa shape index (κ1) is 9.51. The van der Waals surface area contributed by atoms with Crippen LogP contribution in [-0.2, 0) is 6.42 Å². The van der Waals surface area contributed by atoms with Crippen LogP contribution in [0.15, 0.2) is 29.5 Å². The van der Waals surface area contributed by atoms with Gasteiger partial charge in [-0.3, -0.25) is 5.43 Å². The molecular weight excluding hydrogens is 166 g/mol. The molecule has 1 aromatic rings. The van der Waals surface area contributed by atoms with E-state index in [0.29, 0.717) is 0 Å². The van der Waals surface area contributed by atoms with Crippen molar-refractivity contribution in [1.29, 1.82) is 5.53 Å². The quantitative estimate of drug-likeness (QED) is 0.487. The van der Waals surface area contributed by atoms with Crippen molar-refractivity contribution in [2.75, 3.05) is 0 Å². The van der Waals surface area contributed by atoms with E-state index in [4.69, 9.17) is 10.6 Å². The molecule has 3 N–H and O–H groups in total. The second-order valence-corrected chi connectivity index (χ2v) is 3.01. The molecule has 70 valence electrons. The standard InChI is InChI=1S/C9H13N3O/c1-7(11-12-10)6-8-2-4-9(13)5-3-8/h2-5,7,13H,6H2,1H3,(H2,10,11). The number of phenolic OH excluding ortho intramolecular Hbond substituents is 1. The molecule has 0 saturated heterocycles. The number of phenols is 1. The first-order chi connectivity index (χ1) is 6.22. The zero-order chi connectivity index (χ0) is 9.68. The maximum atomic E-state index is 9.03. The van der Waals surface area contributed by atoms with Gasteiger partial charge in [0.05, 0.1) is 0 Å². The highest BCUT2D eigenvalue weighted by Gasteiger charge is 2.01. The molecule has 0 radical (unpaired) electrons. The van der Waals surface area contributed by atoms with E-state index in [1.54, 1.807) is 12.1 Å². The van der Waals surface area contributed by atoms with Crippen LogP contribution in [0, 0.1) is 5.53 Å². The minimum atomic E-state index is 0.141. The summed E-state index contributed by atoms with van der Waals surface area (Å²) < 4.78 is 0. The number of hydrogen-bond acceptors (Lipinski definition) is 3. The molecule has 0 bridgehead atoms. The Bertz CT molecular complexity index is 271. The Kier molecular flexibility index (Phi) is 3.25. The summed E-state index contributed by atoms with van der Waals surface area (Å²) in [6.07, 6.45) is 0.794. The van der Waals surface area contributed by atoms with Crippen molar-refractivity contribution in [2.45, 2.75) is 19.4 Å². The molecule has 1 rings (SSSR count). The molecule has 0 aliphatic heterocycles. The van der Waals surface area contributed by atoms with Crippen molar-refractivity contribution in [3.63, 3.8) is 0 Å². The molecule has 1 atom stereocenters. The predicted octanol–water partition coefficient (Wildman–Crippen LogP) is 1.86. The van der Waals surface area contributed by atoms with E-state index in [2.05, 4.69) is 10.6 Å². The maximum absolute atomic E-state index is 9.03. The van der Waals surface area contributed by atoms with Gasteiger partial charge in [-0.1, -0.05) is 17.4 Å². The summed E-state index contributed by atoms with van der Waals surface area (Å²) in [5.41, 5.74) is 10.4. The summed E-state index contributed by atoms with van der Waals surface area (Å²) in [6, 6.07) is 7.16. The molecule has 0 aromatic heterocycles. The van der Waals surface area contributed by atoms with E-state index in [1.165, 1.54) is 0 Å². The molecule has 1 unspecified atom stereocenters. The lowest BCUT2D eigenvalue weighted by Gasteiger charge is -2.09. The Hall–Kier alpha value is -1.58. The van der Waals surface area contributed by atoms with E-state index < -0.39 is 0 Å². The summed E-state index contributed by atoms with van der Waals surface area (Å²) >= 11 is 0. The Morgan fingerprint density at radius 3 is 2.62 bits per heavy atom. The van der Waals surface area contributed by atoms with Crippen LogP contribution in [0.1, 0.15) is 12.5 Å². The van der Waals surface area contributed by atoms with Gasteiger partial charge in [-0.05, 0) is 31.0 Å². The van der Waals surface area contributed by atoms with Gasteiger partial charge in [0.2, 0.25) is 0 Å². The van der Waals surface area contributed by atoms with E-state index in [-0.39, 0.29) is 11.8 Å². The molecular formula is C9H13N3O. The normalized spacial score (nSPS) is 12.1. The van der Waals surface area contributed by atoms with Crippen LogP contribution in [-0.4, -0.2) is 11.1 Å². The summed E-state index contributed by atoms with van der Waals surface area (Å²) in [4.78, 5) is 0. The lowest BCUT2D eigenvalue weighted by atomic mass is 10.1. The summed E-state index contributed by atoms with van der Waals surface area (Å²) in [5, 5.41) is 12.1. The lowest BCUT2D eigenvalue weighted by molar-refractivity contribution is 0.474. The third-order valence-corrected chi connectivity index (χ3v) is 1.76. The second-order valence-electron chi connectivity index (χ2n) is 3.01. The fraction of sp³-hybridized carbons (Fsp3) is 0.333. The first-order valence-electron chi connectivity index (χ1n) is 4.12. The molecule has 0 saturated carbocycles. The van der Waals surface area contributed by atoms with E-state index >= 15 is 0 Å². The Morgan fingerprint density at radius 2 is 2.08 bits per heavy atom. The summed E-state index contributed by atoms with van der Waals surface area (Å²) in [5.74, 6) is 0.273. The van der Waals surface area contributed by atoms with Gasteiger partial charge in [-0.25, -0.2) is 0 Å². The molecule has 0 fully saturated rings. The van der Waals surface area contributed by atoms with Gasteiger partial charge in [0, 0.05) is 6.04 Å². The Labute approximate surface area is 77.1 Å². The smallest absolute Gasteiger partial charge is 0.115 e. The molecule has 4 heteroatoms. The maximum Gasteiger partial charge on any atom is 0.115 e. The third kappa shape index (κ3) is 3.11. The molecule has 0 aliphatic carbocycles. The first-order valence-corrected chi connectivity index (χ1v) is 4.12. The fourth-order valence-electron chi connectivity index (χ4n) is 1.14. The SMILES string of the molecule is CC(Cc1ccc(O)cc1)NN=N. The number of benzene rings is 1. The number of rotatable bonds is 4. The van der Waals surface area contributed by atoms with Crippen molar-refractivity contribution in [3.8, 4) is 5.75 Å². The number of nitrogens with zero attached hydrogens (tertiary/aromatic N) is 1. The van der Waals surface area contributed by atoms with Crippen LogP contribution >= 0.6 is 0 Å². The molecule has 0 amide bonds. The average Bonchev–Trinajstić information content (AvgIpc) is 2.09. The Balaban J connectivity index is 2.53. The monoisotopic (exact) mass is 179 g/mol. The highest BCUT2D eigenvalue weighted by molar-refractivity contribution is 5.26. The van der Waals surface area contributed by atoms with Crippen LogP contribution in [0.4, 0.5) is 0 Å². The number of aromatic hydroxyl groups is 1. The van der Waals surface area contributed by atoms with Gasteiger partial charge in [-0.2, -0.15) is 5.53 Å². The van der Waals surface area contributed by atoms with Crippen molar-refractivity contribution >= 4 is 0 Å². The fourth-order valence-corrected chi connectivity index (χ4v) is 1.14. The van der Waals surface area contributed by atoms with Crippen molar-refractivity contribution in [2.24, 2.45) is 5.22 Å². The topological polar surface area (TPSA) is 68.5 Å². The van der Waals surface area contributed by atoms with Crippen LogP contribution in [0.3, 0.4) is 0 Å². The molecule has 1 aromatic carbocycles. The van der Waals surface area contributed by atoms with Crippen molar-refractivity contribution in [1.82, 2.24) is 5.43 Å². The molecule has 0 aliphatic rings. The summed E-state index contributed by atoms with van der Waals surface area (Å²) in [7, 11) is 0. The van der Waals surface area contributed by atoms with E-state index in [9.17, 15) is 0 Å². The minimum Gasteiger partial charge on any atom is -0.508 e. The zero-order valence-corrected chi connectivity index (χ0v) is 7.49. The van der Waals surface area contributed by atoms with Gasteiger partial charge in [-0.15, -0.1) is 0 Å². The van der Waals surface area contributed by atoms with Gasteiger partial charge < -0.3 is 5.11 Å². The van der Waals surface area contributed by atoms with E-state index in [0.717, 1.165) is 12.0 Å². The zero-order valence-electron chi connectivity index (χ0n) is 7.49. The number of nitrogens with one attached hydrogen (secondary N) is 2. The van der Waals surface area contributed by atoms with Gasteiger partial charge in [0.25, 0.3) is 0 Å². The van der Waals surface area contributed by atoms with Crippen LogP contribution < -0.4 is 5.43 Å². The molecule has 13 heavy (non-hydrogen) atoms. The predicted molar refractivity (Wildman–Crippen MR) is 49.6 cm³/mol. The number of hydrogen-bond donors (Lipinski definition) is 3. The minimum absolute atomic E-state index is 0.141. The second kappa shape index (κ2) is 4.45. The lowest BCUT2D eigenvalue weighted by Crippen LogP contribution is -2.22. The van der Waals surface area contributed by atoms with Crippen LogP contribution in [0.5, 0.6) is 5.75 Å². The molecule has 0 spiro atoms. The van der Waals surface area contributed by atoms with Crippen LogP contribution in [0.2, 0.25) is 0 Å². The van der Waals surface area contributed by atoms with Crippen molar-refractivity contribution < 1.29 is 5.11 Å². The van der Waals surface area contributed by atoms with Gasteiger partial charge >= 0.3 is 0 Å². The summed E-state index contributed by atoms with van der Waals surface area (Å²) in [6.45, 7) is 1.95. The molecule has 4 nitrogen and oxygen atoms in total. The van der Waals surface area contributed by atoms with Gasteiger partial charge in [0.15, 0.2) is 0 Å². The van der Waals surface area contributed by atoms with Crippen LogP contribution in [0.25, 0.3) is 0 Å². The largest absolute Gasteiger partial charge is 0.508 e. The van der Waals surface area contributed by atoms with E-state index in [1.807, 2.05) is 19.1 Å². The Morgan fingerprint density at radius 1 is 1.46 bits per heavy atom. The molecule has 0 heterocycles. The van der Waals surface area contributed by atoms with Crippen molar-refractivity contribution in [3.05, 3.63) is 29.8 Å². The highest BCUT2D eigenvalue weighted by atomic mass is 16.3. The van der Waals surface area contributed by atoms with Gasteiger partial charge in [0.1, 0.15) is 5.75 Å².